The van der Waals surface area contributed by atoms with Gasteiger partial charge in [-0.15, -0.1) is 0 Å². The molecule has 0 aliphatic carbocycles. The molecule has 0 saturated carbocycles. The van der Waals surface area contributed by atoms with Crippen molar-refractivity contribution in [1.82, 2.24) is 9.97 Å². The third-order valence-corrected chi connectivity index (χ3v) is 2.32. The number of anilines is 1. The van der Waals surface area contributed by atoms with E-state index in [1.165, 1.54) is 12.1 Å². The monoisotopic (exact) mass is 254 g/mol. The normalized spacial score (nSPS) is 10.3. The molecule has 0 fully saturated rings. The standard InChI is InChI=1S/C11H7ClF2N3/c12-8-2-1-7(9(13)3-8)4-16-11-10(14)5-15-6-17-11/h1-3,5H,4H2,(H,15,16,17). The van der Waals surface area contributed by atoms with E-state index in [1.807, 2.05) is 0 Å². The first kappa shape index (κ1) is 11.7. The second-order valence-electron chi connectivity index (χ2n) is 3.26. The Kier molecular flexibility index (Phi) is 3.49. The van der Waals surface area contributed by atoms with Crippen molar-refractivity contribution in [2.75, 3.05) is 5.32 Å². The summed E-state index contributed by atoms with van der Waals surface area (Å²) in [4.78, 5) is 6.96. The Bertz CT molecular complexity index is 534. The largest absolute Gasteiger partial charge is 0.363 e. The van der Waals surface area contributed by atoms with Crippen LogP contribution in [0.2, 0.25) is 5.02 Å². The predicted octanol–water partition coefficient (Wildman–Crippen LogP) is 2.82. The zero-order chi connectivity index (χ0) is 12.3. The van der Waals surface area contributed by atoms with Gasteiger partial charge in [0, 0.05) is 17.1 Å². The lowest BCUT2D eigenvalue weighted by Gasteiger charge is -2.06. The van der Waals surface area contributed by atoms with Crippen LogP contribution in [0.5, 0.6) is 0 Å². The Labute approximate surface area is 101 Å². The molecule has 0 amide bonds. The summed E-state index contributed by atoms with van der Waals surface area (Å²) >= 11 is 5.61. The predicted molar refractivity (Wildman–Crippen MR) is 59.6 cm³/mol. The van der Waals surface area contributed by atoms with Crippen molar-refractivity contribution in [3.8, 4) is 0 Å². The van der Waals surface area contributed by atoms with Crippen LogP contribution in [0.3, 0.4) is 0 Å². The lowest BCUT2D eigenvalue weighted by Crippen LogP contribution is -2.05. The second-order valence-corrected chi connectivity index (χ2v) is 3.69. The van der Waals surface area contributed by atoms with Gasteiger partial charge in [0.1, 0.15) is 5.82 Å². The topological polar surface area (TPSA) is 37.8 Å². The maximum Gasteiger partial charge on any atom is 0.199 e. The average Bonchev–Trinajstić information content (AvgIpc) is 2.30. The molecule has 0 atom stereocenters. The van der Waals surface area contributed by atoms with Crippen LogP contribution in [0.15, 0.2) is 24.4 Å². The van der Waals surface area contributed by atoms with Crippen molar-refractivity contribution in [2.45, 2.75) is 6.54 Å². The quantitative estimate of drug-likeness (QED) is 0.915. The highest BCUT2D eigenvalue weighted by Crippen LogP contribution is 2.16. The number of nitrogens with zero attached hydrogens (tertiary/aromatic N) is 2. The molecule has 87 valence electrons. The summed E-state index contributed by atoms with van der Waals surface area (Å²) in [6, 6.07) is 4.28. The Balaban J connectivity index is 2.10. The van der Waals surface area contributed by atoms with Gasteiger partial charge >= 0.3 is 0 Å². The second kappa shape index (κ2) is 5.05. The number of benzene rings is 1. The Morgan fingerprint density at radius 3 is 2.82 bits per heavy atom. The molecule has 0 spiro atoms. The highest BCUT2D eigenvalue weighted by Gasteiger charge is 2.06. The molecule has 0 bridgehead atoms. The Hall–Kier alpha value is -1.75. The lowest BCUT2D eigenvalue weighted by molar-refractivity contribution is 0.606. The number of hydrogen-bond donors (Lipinski definition) is 1. The van der Waals surface area contributed by atoms with E-state index in [1.54, 1.807) is 6.07 Å². The van der Waals surface area contributed by atoms with Crippen LogP contribution in [0.4, 0.5) is 14.6 Å². The van der Waals surface area contributed by atoms with Gasteiger partial charge in [0.05, 0.1) is 6.20 Å². The SMILES string of the molecule is Fc1cc(Cl)ccc1CNc1n[c]ncc1F. The summed E-state index contributed by atoms with van der Waals surface area (Å²) in [6.07, 6.45) is 3.22. The molecule has 17 heavy (non-hydrogen) atoms. The molecule has 1 aromatic heterocycles. The molecule has 0 unspecified atom stereocenters. The molecule has 2 rings (SSSR count). The summed E-state index contributed by atoms with van der Waals surface area (Å²) in [5.74, 6) is -1.09. The van der Waals surface area contributed by atoms with E-state index in [2.05, 4.69) is 21.6 Å². The molecular formula is C11H7ClF2N3. The van der Waals surface area contributed by atoms with E-state index >= 15 is 0 Å². The number of hydrogen-bond acceptors (Lipinski definition) is 3. The Morgan fingerprint density at radius 1 is 1.29 bits per heavy atom. The number of rotatable bonds is 3. The van der Waals surface area contributed by atoms with Crippen molar-refractivity contribution in [3.05, 3.63) is 52.9 Å². The fourth-order valence-corrected chi connectivity index (χ4v) is 1.41. The molecule has 6 heteroatoms. The van der Waals surface area contributed by atoms with E-state index in [9.17, 15) is 8.78 Å². The molecule has 1 aromatic carbocycles. The minimum absolute atomic E-state index is 0.0191. The number of halogens is 3. The van der Waals surface area contributed by atoms with E-state index in [4.69, 9.17) is 11.6 Å². The summed E-state index contributed by atoms with van der Waals surface area (Å²) in [7, 11) is 0. The molecule has 3 nitrogen and oxygen atoms in total. The van der Waals surface area contributed by atoms with Crippen molar-refractivity contribution in [3.63, 3.8) is 0 Å². The summed E-state index contributed by atoms with van der Waals surface area (Å²) in [5, 5.41) is 2.96. The fraction of sp³-hybridized carbons (Fsp3) is 0.0909. The van der Waals surface area contributed by atoms with E-state index in [0.29, 0.717) is 10.6 Å². The smallest absolute Gasteiger partial charge is 0.199 e. The van der Waals surface area contributed by atoms with Gasteiger partial charge in [0.15, 0.2) is 18.0 Å². The molecule has 1 radical (unpaired) electrons. The van der Waals surface area contributed by atoms with E-state index < -0.39 is 11.6 Å². The number of nitrogens with one attached hydrogen (secondary N) is 1. The van der Waals surface area contributed by atoms with E-state index in [0.717, 1.165) is 6.20 Å². The zero-order valence-electron chi connectivity index (χ0n) is 8.54. The van der Waals surface area contributed by atoms with Crippen molar-refractivity contribution < 1.29 is 8.78 Å². The van der Waals surface area contributed by atoms with Gasteiger partial charge in [0.25, 0.3) is 0 Å². The van der Waals surface area contributed by atoms with Gasteiger partial charge in [-0.05, 0) is 12.1 Å². The molecular weight excluding hydrogens is 248 g/mol. The third-order valence-electron chi connectivity index (χ3n) is 2.09. The van der Waals surface area contributed by atoms with Crippen LogP contribution in [-0.2, 0) is 6.54 Å². The minimum atomic E-state index is -0.613. The van der Waals surface area contributed by atoms with Crippen molar-refractivity contribution in [1.29, 1.82) is 0 Å². The van der Waals surface area contributed by atoms with Crippen molar-refractivity contribution >= 4 is 17.4 Å². The molecule has 0 aliphatic heterocycles. The van der Waals surface area contributed by atoms with Gasteiger partial charge in [0.2, 0.25) is 0 Å². The van der Waals surface area contributed by atoms with Gasteiger partial charge < -0.3 is 5.32 Å². The highest BCUT2D eigenvalue weighted by atomic mass is 35.5. The van der Waals surface area contributed by atoms with Crippen LogP contribution in [0, 0.1) is 18.0 Å². The highest BCUT2D eigenvalue weighted by molar-refractivity contribution is 6.30. The van der Waals surface area contributed by atoms with Gasteiger partial charge in [-0.25, -0.2) is 18.7 Å². The van der Waals surface area contributed by atoms with Crippen LogP contribution in [-0.4, -0.2) is 9.97 Å². The lowest BCUT2D eigenvalue weighted by atomic mass is 10.2. The van der Waals surface area contributed by atoms with Gasteiger partial charge in [-0.3, -0.25) is 0 Å². The molecule has 0 aliphatic rings. The molecule has 1 N–H and O–H groups in total. The fourth-order valence-electron chi connectivity index (χ4n) is 1.25. The van der Waals surface area contributed by atoms with E-state index in [-0.39, 0.29) is 12.4 Å². The average molecular weight is 255 g/mol. The van der Waals surface area contributed by atoms with Crippen LogP contribution < -0.4 is 5.32 Å². The maximum atomic E-state index is 13.4. The first-order valence-corrected chi connectivity index (χ1v) is 5.11. The summed E-state index contributed by atoms with van der Waals surface area (Å²) in [6.45, 7) is 0.102. The third kappa shape index (κ3) is 2.88. The van der Waals surface area contributed by atoms with Crippen molar-refractivity contribution in [2.24, 2.45) is 0 Å². The maximum absolute atomic E-state index is 13.4. The molecule has 1 heterocycles. The zero-order valence-corrected chi connectivity index (χ0v) is 9.30. The number of aromatic nitrogens is 2. The molecule has 2 aromatic rings. The summed E-state index contributed by atoms with van der Waals surface area (Å²) in [5.41, 5.74) is 0.368. The van der Waals surface area contributed by atoms with Crippen LogP contribution in [0.1, 0.15) is 5.56 Å². The van der Waals surface area contributed by atoms with Gasteiger partial charge in [-0.2, -0.15) is 0 Å². The molecule has 0 saturated heterocycles. The first-order valence-electron chi connectivity index (χ1n) is 4.73. The summed E-state index contributed by atoms with van der Waals surface area (Å²) < 4.78 is 26.5. The van der Waals surface area contributed by atoms with Gasteiger partial charge in [-0.1, -0.05) is 17.7 Å². The van der Waals surface area contributed by atoms with Crippen LogP contribution >= 0.6 is 11.6 Å². The Morgan fingerprint density at radius 2 is 2.12 bits per heavy atom. The van der Waals surface area contributed by atoms with Crippen LogP contribution in [0.25, 0.3) is 0 Å². The minimum Gasteiger partial charge on any atom is -0.363 e. The first-order chi connectivity index (χ1) is 8.16.